The number of benzene rings is 3. The summed E-state index contributed by atoms with van der Waals surface area (Å²) in [4.78, 5) is 29.0. The van der Waals surface area contributed by atoms with Gasteiger partial charge in [0.25, 0.3) is 5.91 Å². The molecule has 0 aliphatic rings. The van der Waals surface area contributed by atoms with Gasteiger partial charge in [0.1, 0.15) is 0 Å². The van der Waals surface area contributed by atoms with Gasteiger partial charge in [-0.15, -0.1) is 0 Å². The number of halogens is 1. The maximum atomic E-state index is 12.4. The highest BCUT2D eigenvalue weighted by Gasteiger charge is 2.10. The first-order valence-corrected chi connectivity index (χ1v) is 8.97. The van der Waals surface area contributed by atoms with Crippen molar-refractivity contribution >= 4 is 38.4 Å². The van der Waals surface area contributed by atoms with Crippen LogP contribution < -0.4 is 10.9 Å². The molecule has 0 aliphatic heterocycles. The Balaban J connectivity index is 1.66. The average Bonchev–Trinajstić information content (AvgIpc) is 2.68. The first-order valence-electron chi connectivity index (χ1n) is 8.17. The van der Waals surface area contributed by atoms with E-state index in [9.17, 15) is 9.59 Å². The minimum atomic E-state index is -0.445. The molecular formula is C21H13BrN2O3. The lowest BCUT2D eigenvalue weighted by Gasteiger charge is -2.07. The molecule has 0 saturated heterocycles. The largest absolute Gasteiger partial charge is 0.403 e. The lowest BCUT2D eigenvalue weighted by molar-refractivity contribution is 0.102. The van der Waals surface area contributed by atoms with Gasteiger partial charge in [-0.25, -0.2) is 9.78 Å². The zero-order valence-electron chi connectivity index (χ0n) is 14.0. The smallest absolute Gasteiger partial charge is 0.347 e. The summed E-state index contributed by atoms with van der Waals surface area (Å²) in [6.45, 7) is 0. The number of anilines is 1. The van der Waals surface area contributed by atoms with E-state index in [1.165, 1.54) is 0 Å². The molecule has 4 rings (SSSR count). The Labute approximate surface area is 162 Å². The molecule has 1 amide bonds. The van der Waals surface area contributed by atoms with Gasteiger partial charge in [0, 0.05) is 21.3 Å². The SMILES string of the molecule is O=C(Nc1cccc(-c2nc3ccccc3c(=O)o2)c1)c1ccc(Br)cc1. The van der Waals surface area contributed by atoms with Crippen LogP contribution >= 0.6 is 15.9 Å². The molecule has 3 aromatic carbocycles. The molecule has 0 aliphatic carbocycles. The second-order valence-electron chi connectivity index (χ2n) is 5.87. The van der Waals surface area contributed by atoms with Crippen LogP contribution in [0.5, 0.6) is 0 Å². The molecule has 0 bridgehead atoms. The fourth-order valence-corrected chi connectivity index (χ4v) is 2.94. The van der Waals surface area contributed by atoms with Crippen molar-refractivity contribution in [2.45, 2.75) is 0 Å². The number of aromatic nitrogens is 1. The molecule has 0 spiro atoms. The second-order valence-corrected chi connectivity index (χ2v) is 6.78. The molecule has 0 radical (unpaired) electrons. The summed E-state index contributed by atoms with van der Waals surface area (Å²) in [5, 5.41) is 3.27. The standard InChI is InChI=1S/C21H13BrN2O3/c22-15-10-8-13(9-11-15)19(25)23-16-5-3-4-14(12-16)20-24-18-7-2-1-6-17(18)21(26)27-20/h1-12H,(H,23,25). The Morgan fingerprint density at radius 3 is 2.56 bits per heavy atom. The van der Waals surface area contributed by atoms with Crippen LogP contribution in [0, 0.1) is 0 Å². The third kappa shape index (κ3) is 3.66. The fraction of sp³-hybridized carbons (Fsp3) is 0. The van der Waals surface area contributed by atoms with Gasteiger partial charge in [-0.1, -0.05) is 34.1 Å². The lowest BCUT2D eigenvalue weighted by atomic mass is 10.1. The summed E-state index contributed by atoms with van der Waals surface area (Å²) >= 11 is 3.35. The van der Waals surface area contributed by atoms with E-state index in [0.29, 0.717) is 27.7 Å². The summed E-state index contributed by atoms with van der Waals surface area (Å²) in [5.41, 5.74) is 1.84. The van der Waals surface area contributed by atoms with Crippen LogP contribution in [0.3, 0.4) is 0 Å². The highest BCUT2D eigenvalue weighted by atomic mass is 79.9. The zero-order valence-corrected chi connectivity index (χ0v) is 15.6. The number of carbonyl (C=O) groups excluding carboxylic acids is 1. The van der Waals surface area contributed by atoms with Crippen molar-refractivity contribution in [3.05, 3.63) is 93.3 Å². The number of hydrogen-bond donors (Lipinski definition) is 1. The summed E-state index contributed by atoms with van der Waals surface area (Å²) in [6.07, 6.45) is 0. The Bertz CT molecular complexity index is 1200. The molecule has 27 heavy (non-hydrogen) atoms. The van der Waals surface area contributed by atoms with Crippen LogP contribution in [-0.2, 0) is 0 Å². The van der Waals surface area contributed by atoms with Crippen molar-refractivity contribution < 1.29 is 9.21 Å². The summed E-state index contributed by atoms with van der Waals surface area (Å²) < 4.78 is 6.25. The van der Waals surface area contributed by atoms with Crippen LogP contribution in [-0.4, -0.2) is 10.9 Å². The van der Waals surface area contributed by atoms with Crippen molar-refractivity contribution in [3.8, 4) is 11.5 Å². The maximum Gasteiger partial charge on any atom is 0.347 e. The van der Waals surface area contributed by atoms with E-state index in [2.05, 4.69) is 26.2 Å². The number of rotatable bonds is 3. The van der Waals surface area contributed by atoms with Gasteiger partial charge in [-0.2, -0.15) is 0 Å². The van der Waals surface area contributed by atoms with Crippen molar-refractivity contribution in [3.63, 3.8) is 0 Å². The number of amides is 1. The van der Waals surface area contributed by atoms with Crippen LogP contribution in [0.1, 0.15) is 10.4 Å². The van der Waals surface area contributed by atoms with E-state index >= 15 is 0 Å². The molecule has 1 heterocycles. The summed E-state index contributed by atoms with van der Waals surface area (Å²) in [7, 11) is 0. The molecule has 0 atom stereocenters. The van der Waals surface area contributed by atoms with Gasteiger partial charge in [-0.3, -0.25) is 4.79 Å². The Kier molecular flexibility index (Phi) is 4.56. The Hall–Kier alpha value is -3.25. The Morgan fingerprint density at radius 2 is 1.74 bits per heavy atom. The summed E-state index contributed by atoms with van der Waals surface area (Å²) in [6, 6.07) is 21.1. The topological polar surface area (TPSA) is 72.2 Å². The molecule has 1 N–H and O–H groups in total. The van der Waals surface area contributed by atoms with E-state index in [1.54, 1.807) is 66.7 Å². The third-order valence-electron chi connectivity index (χ3n) is 4.01. The Morgan fingerprint density at radius 1 is 0.963 bits per heavy atom. The third-order valence-corrected chi connectivity index (χ3v) is 4.54. The van der Waals surface area contributed by atoms with Crippen molar-refractivity contribution in [1.29, 1.82) is 0 Å². The molecule has 0 fully saturated rings. The van der Waals surface area contributed by atoms with E-state index in [1.807, 2.05) is 6.07 Å². The normalized spacial score (nSPS) is 10.7. The molecule has 0 unspecified atom stereocenters. The van der Waals surface area contributed by atoms with Crippen LogP contribution in [0.15, 0.2) is 86.5 Å². The monoisotopic (exact) mass is 420 g/mol. The van der Waals surface area contributed by atoms with Gasteiger partial charge < -0.3 is 9.73 Å². The predicted molar refractivity (Wildman–Crippen MR) is 108 cm³/mol. The van der Waals surface area contributed by atoms with Gasteiger partial charge in [-0.05, 0) is 54.6 Å². The number of fused-ring (bicyclic) bond motifs is 1. The number of para-hydroxylation sites is 1. The van der Waals surface area contributed by atoms with E-state index < -0.39 is 5.63 Å². The molecular weight excluding hydrogens is 408 g/mol. The van der Waals surface area contributed by atoms with Crippen LogP contribution in [0.25, 0.3) is 22.4 Å². The first kappa shape index (κ1) is 17.2. The minimum absolute atomic E-state index is 0.207. The molecule has 1 aromatic heterocycles. The number of hydrogen-bond acceptors (Lipinski definition) is 4. The van der Waals surface area contributed by atoms with E-state index in [4.69, 9.17) is 4.42 Å². The fourth-order valence-electron chi connectivity index (χ4n) is 2.68. The number of nitrogens with one attached hydrogen (secondary N) is 1. The molecule has 6 heteroatoms. The lowest BCUT2D eigenvalue weighted by Crippen LogP contribution is -2.11. The molecule has 132 valence electrons. The van der Waals surface area contributed by atoms with Gasteiger partial charge in [0.05, 0.1) is 10.9 Å². The van der Waals surface area contributed by atoms with Crippen LogP contribution in [0.2, 0.25) is 0 Å². The van der Waals surface area contributed by atoms with E-state index in [-0.39, 0.29) is 11.8 Å². The minimum Gasteiger partial charge on any atom is -0.403 e. The van der Waals surface area contributed by atoms with Crippen molar-refractivity contribution in [2.24, 2.45) is 0 Å². The highest BCUT2D eigenvalue weighted by Crippen LogP contribution is 2.22. The number of nitrogens with zero attached hydrogens (tertiary/aromatic N) is 1. The zero-order chi connectivity index (χ0) is 18.8. The predicted octanol–water partition coefficient (Wildman–Crippen LogP) is 4.87. The quantitative estimate of drug-likeness (QED) is 0.513. The van der Waals surface area contributed by atoms with Crippen molar-refractivity contribution in [1.82, 2.24) is 4.98 Å². The maximum absolute atomic E-state index is 12.4. The molecule has 0 saturated carbocycles. The van der Waals surface area contributed by atoms with E-state index in [0.717, 1.165) is 4.47 Å². The summed E-state index contributed by atoms with van der Waals surface area (Å²) in [5.74, 6) is -0.0222. The van der Waals surface area contributed by atoms with Crippen molar-refractivity contribution in [2.75, 3.05) is 5.32 Å². The van der Waals surface area contributed by atoms with Crippen LogP contribution in [0.4, 0.5) is 5.69 Å². The number of carbonyl (C=O) groups is 1. The molecule has 5 nitrogen and oxygen atoms in total. The first-order chi connectivity index (χ1) is 13.1. The molecule has 4 aromatic rings. The van der Waals surface area contributed by atoms with Gasteiger partial charge in [0.2, 0.25) is 5.89 Å². The highest BCUT2D eigenvalue weighted by molar-refractivity contribution is 9.10. The van der Waals surface area contributed by atoms with Gasteiger partial charge >= 0.3 is 5.63 Å². The average molecular weight is 421 g/mol. The second kappa shape index (κ2) is 7.17. The van der Waals surface area contributed by atoms with Gasteiger partial charge in [0.15, 0.2) is 0 Å².